The zero-order valence-corrected chi connectivity index (χ0v) is 14.2. The van der Waals surface area contributed by atoms with Crippen molar-refractivity contribution in [3.8, 4) is 0 Å². The van der Waals surface area contributed by atoms with Gasteiger partial charge in [-0.05, 0) is 50.4 Å². The van der Waals surface area contributed by atoms with E-state index in [2.05, 4.69) is 24.5 Å². The predicted molar refractivity (Wildman–Crippen MR) is 88.2 cm³/mol. The molecular formula is C18H34N2O. The molecule has 0 aliphatic heterocycles. The van der Waals surface area contributed by atoms with Gasteiger partial charge in [0, 0.05) is 12.6 Å². The van der Waals surface area contributed by atoms with Gasteiger partial charge in [-0.25, -0.2) is 0 Å². The number of amides is 1. The molecule has 1 atom stereocenters. The third-order valence-corrected chi connectivity index (χ3v) is 5.38. The predicted octanol–water partition coefficient (Wildman–Crippen LogP) is 3.63. The zero-order chi connectivity index (χ0) is 15.3. The van der Waals surface area contributed by atoms with Crippen molar-refractivity contribution in [2.24, 2.45) is 11.3 Å². The van der Waals surface area contributed by atoms with Gasteiger partial charge in [-0.3, -0.25) is 4.79 Å². The lowest BCUT2D eigenvalue weighted by Gasteiger charge is -2.32. The molecule has 21 heavy (non-hydrogen) atoms. The van der Waals surface area contributed by atoms with Gasteiger partial charge >= 0.3 is 0 Å². The van der Waals surface area contributed by atoms with E-state index in [1.807, 2.05) is 6.92 Å². The molecule has 0 radical (unpaired) electrons. The van der Waals surface area contributed by atoms with Crippen molar-refractivity contribution in [1.82, 2.24) is 10.6 Å². The number of hydrogen-bond donors (Lipinski definition) is 2. The summed E-state index contributed by atoms with van der Waals surface area (Å²) >= 11 is 0. The summed E-state index contributed by atoms with van der Waals surface area (Å²) in [5, 5.41) is 6.74. The molecule has 2 aliphatic carbocycles. The Bertz CT molecular complexity index is 328. The maximum Gasteiger partial charge on any atom is 0.237 e. The molecule has 2 aliphatic rings. The van der Waals surface area contributed by atoms with Crippen molar-refractivity contribution < 1.29 is 4.79 Å². The molecule has 0 heterocycles. The Balaban J connectivity index is 1.78. The van der Waals surface area contributed by atoms with Crippen LogP contribution in [-0.4, -0.2) is 24.5 Å². The molecule has 2 N–H and O–H groups in total. The molecular weight excluding hydrogens is 260 g/mol. The van der Waals surface area contributed by atoms with E-state index in [0.29, 0.717) is 11.5 Å². The van der Waals surface area contributed by atoms with Gasteiger partial charge in [0.1, 0.15) is 0 Å². The third kappa shape index (κ3) is 4.98. The zero-order valence-electron chi connectivity index (χ0n) is 14.2. The highest BCUT2D eigenvalue weighted by molar-refractivity contribution is 5.81. The minimum absolute atomic E-state index is 0.0600. The standard InChI is InChI=1S/C18H34N2O/c1-14(2)12-18(10-6-7-11-18)13-19-15(3)17(21)20-16-8-4-5-9-16/h14-16,19H,4-13H2,1-3H3,(H,20,21). The van der Waals surface area contributed by atoms with Crippen molar-refractivity contribution in [3.05, 3.63) is 0 Å². The molecule has 2 saturated carbocycles. The second-order valence-corrected chi connectivity index (χ2v) is 7.90. The number of carbonyl (C=O) groups excluding carboxylic acids is 1. The Morgan fingerprint density at radius 1 is 1.10 bits per heavy atom. The Hall–Kier alpha value is -0.570. The molecule has 0 bridgehead atoms. The molecule has 2 fully saturated rings. The van der Waals surface area contributed by atoms with Gasteiger partial charge in [-0.1, -0.05) is 39.5 Å². The van der Waals surface area contributed by atoms with Crippen LogP contribution >= 0.6 is 0 Å². The fraction of sp³-hybridized carbons (Fsp3) is 0.944. The van der Waals surface area contributed by atoms with Crippen LogP contribution in [0.2, 0.25) is 0 Å². The Morgan fingerprint density at radius 2 is 1.71 bits per heavy atom. The van der Waals surface area contributed by atoms with E-state index in [1.165, 1.54) is 44.9 Å². The van der Waals surface area contributed by atoms with Crippen LogP contribution in [0.5, 0.6) is 0 Å². The number of carbonyl (C=O) groups is 1. The van der Waals surface area contributed by atoms with Crippen molar-refractivity contribution in [2.45, 2.75) is 90.6 Å². The molecule has 3 heteroatoms. The quantitative estimate of drug-likeness (QED) is 0.753. The van der Waals surface area contributed by atoms with Crippen molar-refractivity contribution >= 4 is 5.91 Å². The number of nitrogens with one attached hydrogen (secondary N) is 2. The molecule has 122 valence electrons. The van der Waals surface area contributed by atoms with Crippen LogP contribution in [0.3, 0.4) is 0 Å². The van der Waals surface area contributed by atoms with Gasteiger partial charge in [0.25, 0.3) is 0 Å². The summed E-state index contributed by atoms with van der Waals surface area (Å²) in [6.07, 6.45) is 11.5. The van der Waals surface area contributed by atoms with E-state index in [9.17, 15) is 4.79 Å². The summed E-state index contributed by atoms with van der Waals surface area (Å²) < 4.78 is 0. The van der Waals surface area contributed by atoms with Gasteiger partial charge in [0.05, 0.1) is 6.04 Å². The van der Waals surface area contributed by atoms with Crippen LogP contribution in [0.4, 0.5) is 0 Å². The molecule has 0 aromatic carbocycles. The van der Waals surface area contributed by atoms with Crippen molar-refractivity contribution in [2.75, 3.05) is 6.54 Å². The summed E-state index contributed by atoms with van der Waals surface area (Å²) in [5.41, 5.74) is 0.441. The average Bonchev–Trinajstić information content (AvgIpc) is 3.07. The summed E-state index contributed by atoms with van der Waals surface area (Å²) in [6, 6.07) is 0.369. The van der Waals surface area contributed by atoms with E-state index >= 15 is 0 Å². The summed E-state index contributed by atoms with van der Waals surface area (Å²) in [7, 11) is 0. The SMILES string of the molecule is CC(C)CC1(CNC(C)C(=O)NC2CCCC2)CCCC1. The Kier molecular flexibility index (Phi) is 6.09. The highest BCUT2D eigenvalue weighted by Gasteiger charge is 2.34. The largest absolute Gasteiger partial charge is 0.352 e. The van der Waals surface area contributed by atoms with Gasteiger partial charge in [-0.15, -0.1) is 0 Å². The Labute approximate surface area is 130 Å². The molecule has 0 aromatic heterocycles. The second-order valence-electron chi connectivity index (χ2n) is 7.90. The first-order valence-electron chi connectivity index (χ1n) is 9.04. The maximum atomic E-state index is 12.3. The van der Waals surface area contributed by atoms with Crippen molar-refractivity contribution in [1.29, 1.82) is 0 Å². The molecule has 2 rings (SSSR count). The van der Waals surface area contributed by atoms with Crippen LogP contribution in [0.15, 0.2) is 0 Å². The fourth-order valence-corrected chi connectivity index (χ4v) is 4.30. The molecule has 3 nitrogen and oxygen atoms in total. The van der Waals surface area contributed by atoms with E-state index in [0.717, 1.165) is 25.3 Å². The van der Waals surface area contributed by atoms with Gasteiger partial charge in [0.15, 0.2) is 0 Å². The van der Waals surface area contributed by atoms with Gasteiger partial charge in [-0.2, -0.15) is 0 Å². The first-order chi connectivity index (χ1) is 10.0. The second kappa shape index (κ2) is 7.62. The van der Waals surface area contributed by atoms with E-state index < -0.39 is 0 Å². The van der Waals surface area contributed by atoms with Gasteiger partial charge in [0.2, 0.25) is 5.91 Å². The molecule has 0 spiro atoms. The van der Waals surface area contributed by atoms with Crippen LogP contribution < -0.4 is 10.6 Å². The summed E-state index contributed by atoms with van der Waals surface area (Å²) in [5.74, 6) is 0.937. The number of hydrogen-bond acceptors (Lipinski definition) is 2. The lowest BCUT2D eigenvalue weighted by molar-refractivity contribution is -0.123. The minimum Gasteiger partial charge on any atom is -0.352 e. The fourth-order valence-electron chi connectivity index (χ4n) is 4.30. The average molecular weight is 294 g/mol. The third-order valence-electron chi connectivity index (χ3n) is 5.38. The monoisotopic (exact) mass is 294 g/mol. The van der Waals surface area contributed by atoms with Crippen LogP contribution in [0, 0.1) is 11.3 Å². The smallest absolute Gasteiger partial charge is 0.237 e. The van der Waals surface area contributed by atoms with Crippen LogP contribution in [-0.2, 0) is 4.79 Å². The normalized spacial score (nSPS) is 23.6. The lowest BCUT2D eigenvalue weighted by Crippen LogP contribution is -2.48. The molecule has 0 saturated heterocycles. The highest BCUT2D eigenvalue weighted by Crippen LogP contribution is 2.42. The summed E-state index contributed by atoms with van der Waals surface area (Å²) in [4.78, 5) is 12.3. The van der Waals surface area contributed by atoms with Gasteiger partial charge < -0.3 is 10.6 Å². The van der Waals surface area contributed by atoms with Crippen molar-refractivity contribution in [3.63, 3.8) is 0 Å². The molecule has 1 amide bonds. The van der Waals surface area contributed by atoms with E-state index in [4.69, 9.17) is 0 Å². The first-order valence-corrected chi connectivity index (χ1v) is 9.04. The Morgan fingerprint density at radius 3 is 2.29 bits per heavy atom. The number of rotatable bonds is 7. The van der Waals surface area contributed by atoms with E-state index in [-0.39, 0.29) is 11.9 Å². The molecule has 0 aromatic rings. The topological polar surface area (TPSA) is 41.1 Å². The lowest BCUT2D eigenvalue weighted by atomic mass is 9.78. The van der Waals surface area contributed by atoms with Crippen LogP contribution in [0.1, 0.15) is 78.6 Å². The summed E-state index contributed by atoms with van der Waals surface area (Å²) in [6.45, 7) is 7.65. The highest BCUT2D eigenvalue weighted by atomic mass is 16.2. The first kappa shape index (κ1) is 16.8. The van der Waals surface area contributed by atoms with Crippen LogP contribution in [0.25, 0.3) is 0 Å². The minimum atomic E-state index is -0.0600. The molecule has 1 unspecified atom stereocenters. The van der Waals surface area contributed by atoms with E-state index in [1.54, 1.807) is 0 Å². The maximum absolute atomic E-state index is 12.3.